The molecule has 0 bridgehead atoms. The molecule has 1 N–H and O–H groups in total. The number of aryl methyl sites for hydroxylation is 1. The SMILES string of the molecule is CCCN1C(=O)c2ccccc2N(CC(=O)NCCCn2ccnc2)C(=O)C1Cc1ccccc1. The Morgan fingerprint density at radius 1 is 1.03 bits per heavy atom. The zero-order chi connectivity index (χ0) is 24.6. The first kappa shape index (κ1) is 24.2. The summed E-state index contributed by atoms with van der Waals surface area (Å²) >= 11 is 0. The van der Waals surface area contributed by atoms with Crippen molar-refractivity contribution >= 4 is 23.4 Å². The van der Waals surface area contributed by atoms with Gasteiger partial charge in [-0.25, -0.2) is 4.98 Å². The fourth-order valence-corrected chi connectivity index (χ4v) is 4.42. The highest BCUT2D eigenvalue weighted by atomic mass is 16.2. The zero-order valence-electron chi connectivity index (χ0n) is 20.0. The Kier molecular flexibility index (Phi) is 7.92. The molecule has 8 nitrogen and oxygen atoms in total. The Morgan fingerprint density at radius 2 is 1.80 bits per heavy atom. The van der Waals surface area contributed by atoms with Crippen molar-refractivity contribution < 1.29 is 14.4 Å². The highest BCUT2D eigenvalue weighted by molar-refractivity contribution is 6.12. The van der Waals surface area contributed by atoms with Crippen LogP contribution in [0, 0.1) is 0 Å². The van der Waals surface area contributed by atoms with Crippen molar-refractivity contribution in [1.29, 1.82) is 0 Å². The van der Waals surface area contributed by atoms with E-state index >= 15 is 0 Å². The van der Waals surface area contributed by atoms with Crippen LogP contribution in [0.15, 0.2) is 73.3 Å². The predicted molar refractivity (Wildman–Crippen MR) is 134 cm³/mol. The van der Waals surface area contributed by atoms with Gasteiger partial charge in [0.15, 0.2) is 0 Å². The number of amides is 3. The molecule has 2 aromatic carbocycles. The number of nitrogens with zero attached hydrogens (tertiary/aromatic N) is 4. The van der Waals surface area contributed by atoms with E-state index in [0.717, 1.165) is 24.9 Å². The number of hydrogen-bond acceptors (Lipinski definition) is 4. The summed E-state index contributed by atoms with van der Waals surface area (Å²) < 4.78 is 1.95. The Morgan fingerprint density at radius 3 is 2.54 bits per heavy atom. The molecule has 2 heterocycles. The van der Waals surface area contributed by atoms with Crippen LogP contribution in [0.25, 0.3) is 0 Å². The van der Waals surface area contributed by atoms with Crippen LogP contribution in [0.3, 0.4) is 0 Å². The molecule has 1 aromatic heterocycles. The summed E-state index contributed by atoms with van der Waals surface area (Å²) in [6.45, 7) is 3.54. The minimum absolute atomic E-state index is 0.139. The largest absolute Gasteiger partial charge is 0.354 e. The number of rotatable bonds is 10. The van der Waals surface area contributed by atoms with Gasteiger partial charge in [0.2, 0.25) is 5.91 Å². The van der Waals surface area contributed by atoms with Crippen molar-refractivity contribution in [2.45, 2.75) is 38.8 Å². The fraction of sp³-hybridized carbons (Fsp3) is 0.333. The van der Waals surface area contributed by atoms with Gasteiger partial charge >= 0.3 is 0 Å². The second-order valence-corrected chi connectivity index (χ2v) is 8.65. The van der Waals surface area contributed by atoms with Gasteiger partial charge in [-0.15, -0.1) is 0 Å². The molecular formula is C27H31N5O3. The summed E-state index contributed by atoms with van der Waals surface area (Å²) in [7, 11) is 0. The van der Waals surface area contributed by atoms with Crippen LogP contribution in [0.2, 0.25) is 0 Å². The van der Waals surface area contributed by atoms with Crippen molar-refractivity contribution in [1.82, 2.24) is 19.8 Å². The summed E-state index contributed by atoms with van der Waals surface area (Å²) in [6, 6.07) is 16.0. The lowest BCUT2D eigenvalue weighted by molar-refractivity contribution is -0.126. The van der Waals surface area contributed by atoms with Crippen molar-refractivity contribution in [2.75, 3.05) is 24.5 Å². The van der Waals surface area contributed by atoms with Gasteiger partial charge in [-0.2, -0.15) is 0 Å². The lowest BCUT2D eigenvalue weighted by Crippen LogP contribution is -2.52. The molecule has 3 aromatic rings. The lowest BCUT2D eigenvalue weighted by Gasteiger charge is -2.31. The maximum atomic E-state index is 13.9. The lowest BCUT2D eigenvalue weighted by atomic mass is 10.0. The average Bonchev–Trinajstić information content (AvgIpc) is 3.38. The normalized spacial score (nSPS) is 15.6. The van der Waals surface area contributed by atoms with E-state index in [1.165, 1.54) is 4.90 Å². The summed E-state index contributed by atoms with van der Waals surface area (Å²) in [5.74, 6) is -0.678. The Balaban J connectivity index is 1.55. The Bertz CT molecular complexity index is 1150. The molecule has 182 valence electrons. The first-order valence-corrected chi connectivity index (χ1v) is 12.1. The molecular weight excluding hydrogens is 442 g/mol. The number of anilines is 1. The first-order chi connectivity index (χ1) is 17.1. The van der Waals surface area contributed by atoms with E-state index in [-0.39, 0.29) is 24.3 Å². The third-order valence-electron chi connectivity index (χ3n) is 6.13. The van der Waals surface area contributed by atoms with E-state index in [0.29, 0.717) is 30.8 Å². The molecule has 3 amide bonds. The van der Waals surface area contributed by atoms with Gasteiger partial charge in [0, 0.05) is 38.4 Å². The van der Waals surface area contributed by atoms with Crippen molar-refractivity contribution in [2.24, 2.45) is 0 Å². The van der Waals surface area contributed by atoms with E-state index in [2.05, 4.69) is 10.3 Å². The molecule has 1 unspecified atom stereocenters. The number of imidazole rings is 1. The maximum absolute atomic E-state index is 13.9. The van der Waals surface area contributed by atoms with E-state index < -0.39 is 6.04 Å². The molecule has 0 saturated heterocycles. The van der Waals surface area contributed by atoms with Crippen molar-refractivity contribution in [3.63, 3.8) is 0 Å². The maximum Gasteiger partial charge on any atom is 0.256 e. The Labute approximate surface area is 205 Å². The molecule has 0 saturated carbocycles. The third kappa shape index (κ3) is 5.77. The number of benzene rings is 2. The number of carbonyl (C=O) groups is 3. The molecule has 35 heavy (non-hydrogen) atoms. The summed E-state index contributed by atoms with van der Waals surface area (Å²) in [5, 5.41) is 2.91. The van der Waals surface area contributed by atoms with E-state index in [9.17, 15) is 14.4 Å². The first-order valence-electron chi connectivity index (χ1n) is 12.1. The van der Waals surface area contributed by atoms with Crippen molar-refractivity contribution in [3.8, 4) is 0 Å². The topological polar surface area (TPSA) is 87.5 Å². The minimum Gasteiger partial charge on any atom is -0.354 e. The number of hydrogen-bond donors (Lipinski definition) is 1. The standard InChI is InChI=1S/C27H31N5O3/c1-2-15-31-24(18-21-9-4-3-5-10-21)27(35)32(23-12-7-6-11-22(23)26(31)34)19-25(33)29-13-8-16-30-17-14-28-20-30/h3-7,9-12,14,17,20,24H,2,8,13,15-16,18-19H2,1H3,(H,29,33). The van der Waals surface area contributed by atoms with Gasteiger partial charge in [0.1, 0.15) is 12.6 Å². The van der Waals surface area contributed by atoms with Crippen LogP contribution in [0.1, 0.15) is 35.7 Å². The van der Waals surface area contributed by atoms with Gasteiger partial charge < -0.3 is 19.7 Å². The molecule has 8 heteroatoms. The molecule has 1 atom stereocenters. The van der Waals surface area contributed by atoms with Crippen molar-refractivity contribution in [3.05, 3.63) is 84.4 Å². The van der Waals surface area contributed by atoms with E-state index in [1.54, 1.807) is 41.7 Å². The van der Waals surface area contributed by atoms with Crippen LogP contribution in [-0.4, -0.2) is 57.8 Å². The van der Waals surface area contributed by atoms with Gasteiger partial charge in [0.05, 0.1) is 17.6 Å². The summed E-state index contributed by atoms with van der Waals surface area (Å²) in [4.78, 5) is 47.5. The predicted octanol–water partition coefficient (Wildman–Crippen LogP) is 2.90. The van der Waals surface area contributed by atoms with Gasteiger partial charge in [0.25, 0.3) is 11.8 Å². The second kappa shape index (κ2) is 11.5. The summed E-state index contributed by atoms with van der Waals surface area (Å²) in [5.41, 5.74) is 1.89. The van der Waals surface area contributed by atoms with Crippen LogP contribution in [-0.2, 0) is 22.6 Å². The third-order valence-corrected chi connectivity index (χ3v) is 6.13. The monoisotopic (exact) mass is 473 g/mol. The van der Waals surface area contributed by atoms with E-state index in [1.807, 2.05) is 48.0 Å². The highest BCUT2D eigenvalue weighted by Gasteiger charge is 2.39. The molecule has 4 rings (SSSR count). The van der Waals surface area contributed by atoms with Gasteiger partial charge in [-0.3, -0.25) is 14.4 Å². The van der Waals surface area contributed by atoms with Gasteiger partial charge in [-0.05, 0) is 30.5 Å². The molecule has 0 spiro atoms. The molecule has 1 aliphatic heterocycles. The van der Waals surface area contributed by atoms with Crippen LogP contribution in [0.4, 0.5) is 5.69 Å². The second-order valence-electron chi connectivity index (χ2n) is 8.65. The van der Waals surface area contributed by atoms with E-state index in [4.69, 9.17) is 0 Å². The number of carbonyl (C=O) groups excluding carboxylic acids is 3. The van der Waals surface area contributed by atoms with Crippen LogP contribution >= 0.6 is 0 Å². The molecule has 0 fully saturated rings. The fourth-order valence-electron chi connectivity index (χ4n) is 4.42. The Hall–Kier alpha value is -3.94. The molecule has 0 radical (unpaired) electrons. The van der Waals surface area contributed by atoms with Crippen LogP contribution < -0.4 is 10.2 Å². The van der Waals surface area contributed by atoms with Gasteiger partial charge in [-0.1, -0.05) is 49.4 Å². The van der Waals surface area contributed by atoms with Crippen LogP contribution in [0.5, 0.6) is 0 Å². The molecule has 0 aliphatic carbocycles. The molecule has 1 aliphatic rings. The zero-order valence-corrected chi connectivity index (χ0v) is 20.0. The number of aromatic nitrogens is 2. The number of fused-ring (bicyclic) bond motifs is 1. The minimum atomic E-state index is -0.689. The highest BCUT2D eigenvalue weighted by Crippen LogP contribution is 2.29. The quantitative estimate of drug-likeness (QED) is 0.459. The number of nitrogens with one attached hydrogen (secondary N) is 1. The number of para-hydroxylation sites is 1. The summed E-state index contributed by atoms with van der Waals surface area (Å²) in [6.07, 6.45) is 7.19. The average molecular weight is 474 g/mol. The smallest absolute Gasteiger partial charge is 0.256 e.